The van der Waals surface area contributed by atoms with Crippen molar-refractivity contribution in [1.82, 2.24) is 15.6 Å². The summed E-state index contributed by atoms with van der Waals surface area (Å²) < 4.78 is 5.56. The molecule has 0 unspecified atom stereocenters. The van der Waals surface area contributed by atoms with E-state index < -0.39 is 0 Å². The van der Waals surface area contributed by atoms with Crippen molar-refractivity contribution in [1.29, 1.82) is 0 Å². The molecule has 20 heavy (non-hydrogen) atoms. The second kappa shape index (κ2) is 9.79. The van der Waals surface area contributed by atoms with Crippen molar-refractivity contribution in [3.63, 3.8) is 0 Å². The second-order valence-electron chi connectivity index (χ2n) is 4.63. The molecule has 1 saturated carbocycles. The first kappa shape index (κ1) is 17.0. The van der Waals surface area contributed by atoms with Crippen molar-refractivity contribution in [3.8, 4) is 5.75 Å². The molecular weight excluding hydrogens is 367 g/mol. The van der Waals surface area contributed by atoms with Crippen LogP contribution in [0.4, 0.5) is 0 Å². The SMILES string of the molecule is CCNC(=NCC1CC1)NCCOc1cccnc1.I. The summed E-state index contributed by atoms with van der Waals surface area (Å²) in [4.78, 5) is 8.55. The Morgan fingerprint density at radius 2 is 2.30 bits per heavy atom. The summed E-state index contributed by atoms with van der Waals surface area (Å²) in [5.74, 6) is 2.48. The summed E-state index contributed by atoms with van der Waals surface area (Å²) in [5.41, 5.74) is 0. The number of nitrogens with zero attached hydrogens (tertiary/aromatic N) is 2. The Kier molecular flexibility index (Phi) is 8.32. The van der Waals surface area contributed by atoms with Crippen LogP contribution in [0.1, 0.15) is 19.8 Å². The van der Waals surface area contributed by atoms with Gasteiger partial charge in [0.2, 0.25) is 0 Å². The maximum absolute atomic E-state index is 5.56. The molecule has 0 aromatic carbocycles. The van der Waals surface area contributed by atoms with Gasteiger partial charge >= 0.3 is 0 Å². The van der Waals surface area contributed by atoms with Gasteiger partial charge in [-0.2, -0.15) is 0 Å². The van der Waals surface area contributed by atoms with Gasteiger partial charge in [0.05, 0.1) is 12.7 Å². The third-order valence-corrected chi connectivity index (χ3v) is 2.85. The Labute approximate surface area is 137 Å². The highest BCUT2D eigenvalue weighted by molar-refractivity contribution is 14.0. The molecule has 1 aromatic heterocycles. The number of nitrogens with one attached hydrogen (secondary N) is 2. The number of aromatic nitrogens is 1. The monoisotopic (exact) mass is 390 g/mol. The number of guanidine groups is 1. The van der Waals surface area contributed by atoms with Crippen LogP contribution < -0.4 is 15.4 Å². The van der Waals surface area contributed by atoms with E-state index in [1.54, 1.807) is 12.4 Å². The van der Waals surface area contributed by atoms with Crippen LogP contribution >= 0.6 is 24.0 Å². The fourth-order valence-corrected chi connectivity index (χ4v) is 1.63. The molecule has 1 aliphatic carbocycles. The highest BCUT2D eigenvalue weighted by atomic mass is 127. The zero-order valence-electron chi connectivity index (χ0n) is 11.8. The minimum absolute atomic E-state index is 0. The predicted molar refractivity (Wildman–Crippen MR) is 91.9 cm³/mol. The normalized spacial score (nSPS) is 14.3. The van der Waals surface area contributed by atoms with Gasteiger partial charge in [0.15, 0.2) is 5.96 Å². The molecule has 112 valence electrons. The lowest BCUT2D eigenvalue weighted by molar-refractivity contribution is 0.320. The molecule has 0 amide bonds. The van der Waals surface area contributed by atoms with Crippen LogP contribution in [0.3, 0.4) is 0 Å². The molecule has 0 atom stereocenters. The molecule has 6 heteroatoms. The standard InChI is InChI=1S/C14H22N4O.HI/c1-2-16-14(18-10-12-5-6-12)17-8-9-19-13-4-3-7-15-11-13;/h3-4,7,11-12H,2,5-6,8-10H2,1H3,(H2,16,17,18);1H. The summed E-state index contributed by atoms with van der Waals surface area (Å²) in [5, 5.41) is 6.50. The van der Waals surface area contributed by atoms with Crippen molar-refractivity contribution in [2.24, 2.45) is 10.9 Å². The van der Waals surface area contributed by atoms with E-state index >= 15 is 0 Å². The molecule has 1 aromatic rings. The molecule has 0 radical (unpaired) electrons. The molecule has 0 saturated heterocycles. The molecule has 2 N–H and O–H groups in total. The lowest BCUT2D eigenvalue weighted by atomic mass is 10.4. The van der Waals surface area contributed by atoms with Crippen LogP contribution in [-0.4, -0.2) is 37.2 Å². The zero-order chi connectivity index (χ0) is 13.3. The topological polar surface area (TPSA) is 58.5 Å². The van der Waals surface area contributed by atoms with E-state index in [-0.39, 0.29) is 24.0 Å². The number of hydrogen-bond acceptors (Lipinski definition) is 3. The van der Waals surface area contributed by atoms with E-state index in [2.05, 4.69) is 27.5 Å². The van der Waals surface area contributed by atoms with Crippen molar-refractivity contribution in [2.45, 2.75) is 19.8 Å². The Balaban J connectivity index is 0.00000200. The number of pyridine rings is 1. The average molecular weight is 390 g/mol. The van der Waals surface area contributed by atoms with Crippen LogP contribution in [0.25, 0.3) is 0 Å². The maximum atomic E-state index is 5.56. The smallest absolute Gasteiger partial charge is 0.191 e. The van der Waals surface area contributed by atoms with Crippen molar-refractivity contribution in [2.75, 3.05) is 26.2 Å². The second-order valence-corrected chi connectivity index (χ2v) is 4.63. The quantitative estimate of drug-likeness (QED) is 0.324. The van der Waals surface area contributed by atoms with Crippen LogP contribution in [0.2, 0.25) is 0 Å². The van der Waals surface area contributed by atoms with E-state index in [0.29, 0.717) is 6.61 Å². The first-order chi connectivity index (χ1) is 9.38. The Bertz CT molecular complexity index is 395. The fraction of sp³-hybridized carbons (Fsp3) is 0.571. The van der Waals surface area contributed by atoms with Gasteiger partial charge in [0.25, 0.3) is 0 Å². The number of ether oxygens (including phenoxy) is 1. The Morgan fingerprint density at radius 3 is 2.95 bits per heavy atom. The van der Waals surface area contributed by atoms with Gasteiger partial charge in [-0.15, -0.1) is 24.0 Å². The molecule has 0 spiro atoms. The van der Waals surface area contributed by atoms with Crippen molar-refractivity contribution < 1.29 is 4.74 Å². The van der Waals surface area contributed by atoms with Crippen LogP contribution in [0.15, 0.2) is 29.5 Å². The van der Waals surface area contributed by atoms with Gasteiger partial charge in [-0.25, -0.2) is 0 Å². The maximum Gasteiger partial charge on any atom is 0.191 e. The number of aliphatic imine (C=N–C) groups is 1. The van der Waals surface area contributed by atoms with E-state index in [4.69, 9.17) is 4.74 Å². The van der Waals surface area contributed by atoms with Gasteiger partial charge in [0, 0.05) is 19.3 Å². The molecule has 5 nitrogen and oxygen atoms in total. The van der Waals surface area contributed by atoms with Crippen molar-refractivity contribution >= 4 is 29.9 Å². The predicted octanol–water partition coefficient (Wildman–Crippen LogP) is 2.04. The summed E-state index contributed by atoms with van der Waals surface area (Å²) in [6.07, 6.45) is 6.10. The van der Waals surface area contributed by atoms with Gasteiger partial charge in [-0.1, -0.05) is 0 Å². The molecule has 1 heterocycles. The van der Waals surface area contributed by atoms with E-state index in [1.807, 2.05) is 12.1 Å². The number of hydrogen-bond donors (Lipinski definition) is 2. The van der Waals surface area contributed by atoms with Crippen molar-refractivity contribution in [3.05, 3.63) is 24.5 Å². The van der Waals surface area contributed by atoms with Crippen LogP contribution in [0.5, 0.6) is 5.75 Å². The van der Waals surface area contributed by atoms with Gasteiger partial charge < -0.3 is 15.4 Å². The Hall–Kier alpha value is -1.05. The van der Waals surface area contributed by atoms with Crippen LogP contribution in [0, 0.1) is 5.92 Å². The molecular formula is C14H23IN4O. The molecule has 1 fully saturated rings. The third kappa shape index (κ3) is 6.93. The third-order valence-electron chi connectivity index (χ3n) is 2.85. The lowest BCUT2D eigenvalue weighted by Gasteiger charge is -2.11. The highest BCUT2D eigenvalue weighted by Gasteiger charge is 2.20. The Morgan fingerprint density at radius 1 is 1.45 bits per heavy atom. The minimum atomic E-state index is 0. The molecule has 0 bridgehead atoms. The average Bonchev–Trinajstić information content (AvgIpc) is 3.26. The molecule has 1 aliphatic rings. The first-order valence-corrected chi connectivity index (χ1v) is 6.93. The number of rotatable bonds is 7. The highest BCUT2D eigenvalue weighted by Crippen LogP contribution is 2.28. The van der Waals surface area contributed by atoms with Gasteiger partial charge in [-0.05, 0) is 37.8 Å². The molecule has 2 rings (SSSR count). The summed E-state index contributed by atoms with van der Waals surface area (Å²) in [6, 6.07) is 3.77. The number of halogens is 1. The minimum Gasteiger partial charge on any atom is -0.490 e. The van der Waals surface area contributed by atoms with Gasteiger partial charge in [0.1, 0.15) is 12.4 Å². The van der Waals surface area contributed by atoms with E-state index in [9.17, 15) is 0 Å². The largest absolute Gasteiger partial charge is 0.490 e. The zero-order valence-corrected chi connectivity index (χ0v) is 14.2. The molecule has 0 aliphatic heterocycles. The summed E-state index contributed by atoms with van der Waals surface area (Å²) >= 11 is 0. The van der Waals surface area contributed by atoms with E-state index in [0.717, 1.165) is 37.3 Å². The lowest BCUT2D eigenvalue weighted by Crippen LogP contribution is -2.39. The van der Waals surface area contributed by atoms with Crippen LogP contribution in [-0.2, 0) is 0 Å². The summed E-state index contributed by atoms with van der Waals surface area (Å²) in [7, 11) is 0. The fourth-order valence-electron chi connectivity index (χ4n) is 1.63. The van der Waals surface area contributed by atoms with E-state index in [1.165, 1.54) is 12.8 Å². The van der Waals surface area contributed by atoms with Gasteiger partial charge in [-0.3, -0.25) is 9.98 Å². The first-order valence-electron chi connectivity index (χ1n) is 6.93. The summed E-state index contributed by atoms with van der Waals surface area (Å²) in [6.45, 7) is 5.20.